The predicted octanol–water partition coefficient (Wildman–Crippen LogP) is 3.38. The molecule has 2 nitrogen and oxygen atoms in total. The van der Waals surface area contributed by atoms with Crippen LogP contribution in [0.2, 0.25) is 0 Å². The lowest BCUT2D eigenvalue weighted by molar-refractivity contribution is 0.337. The average molecular weight is 286 g/mol. The van der Waals surface area contributed by atoms with Crippen LogP contribution in [-0.4, -0.2) is 13.7 Å². The van der Waals surface area contributed by atoms with Crippen LogP contribution >= 0.6 is 15.9 Å². The third-order valence-corrected chi connectivity index (χ3v) is 3.52. The third-order valence-electron chi connectivity index (χ3n) is 2.74. The van der Waals surface area contributed by atoms with Crippen molar-refractivity contribution >= 4 is 15.9 Å². The Hall–Kier alpha value is -0.540. The van der Waals surface area contributed by atoms with Gasteiger partial charge in [0.05, 0.1) is 7.11 Å². The molecule has 1 aromatic rings. The standard InChI is InChI=1S/C13H20BrNO/c1-13(2,6-7-15)9-10-8-11(16-3)4-5-12(10)14/h4-5,8H,6-7,9,15H2,1-3H3. The molecule has 0 fully saturated rings. The molecule has 0 radical (unpaired) electrons. The minimum Gasteiger partial charge on any atom is -0.497 e. The number of ether oxygens (including phenoxy) is 1. The fourth-order valence-corrected chi connectivity index (χ4v) is 2.20. The van der Waals surface area contributed by atoms with Gasteiger partial charge in [-0.3, -0.25) is 0 Å². The Bertz CT molecular complexity index is 350. The monoisotopic (exact) mass is 285 g/mol. The van der Waals surface area contributed by atoms with Crippen molar-refractivity contribution in [2.75, 3.05) is 13.7 Å². The normalized spacial score (nSPS) is 11.6. The van der Waals surface area contributed by atoms with Gasteiger partial charge >= 0.3 is 0 Å². The van der Waals surface area contributed by atoms with E-state index in [0.29, 0.717) is 0 Å². The van der Waals surface area contributed by atoms with E-state index in [1.807, 2.05) is 12.1 Å². The van der Waals surface area contributed by atoms with Gasteiger partial charge in [-0.2, -0.15) is 0 Å². The first kappa shape index (κ1) is 13.5. The summed E-state index contributed by atoms with van der Waals surface area (Å²) >= 11 is 3.58. The Morgan fingerprint density at radius 2 is 2.06 bits per heavy atom. The maximum absolute atomic E-state index is 5.63. The highest BCUT2D eigenvalue weighted by Gasteiger charge is 2.19. The molecular weight excluding hydrogens is 266 g/mol. The molecule has 0 aliphatic heterocycles. The van der Waals surface area contributed by atoms with Crippen molar-refractivity contribution in [3.8, 4) is 5.75 Å². The second kappa shape index (κ2) is 5.69. The van der Waals surface area contributed by atoms with E-state index in [1.54, 1.807) is 7.11 Å². The lowest BCUT2D eigenvalue weighted by Gasteiger charge is -2.24. The Labute approximate surface area is 106 Å². The van der Waals surface area contributed by atoms with Gasteiger partial charge in [-0.25, -0.2) is 0 Å². The molecule has 16 heavy (non-hydrogen) atoms. The van der Waals surface area contributed by atoms with Crippen molar-refractivity contribution in [3.63, 3.8) is 0 Å². The third kappa shape index (κ3) is 3.80. The minimum absolute atomic E-state index is 0.226. The maximum atomic E-state index is 5.63. The summed E-state index contributed by atoms with van der Waals surface area (Å²) in [4.78, 5) is 0. The quantitative estimate of drug-likeness (QED) is 0.900. The van der Waals surface area contributed by atoms with E-state index in [-0.39, 0.29) is 5.41 Å². The molecule has 0 saturated carbocycles. The van der Waals surface area contributed by atoms with E-state index in [9.17, 15) is 0 Å². The summed E-state index contributed by atoms with van der Waals surface area (Å²) in [6.45, 7) is 5.21. The predicted molar refractivity (Wildman–Crippen MR) is 71.9 cm³/mol. The second-order valence-corrected chi connectivity index (χ2v) is 5.69. The summed E-state index contributed by atoms with van der Waals surface area (Å²) in [5.74, 6) is 0.904. The van der Waals surface area contributed by atoms with Crippen molar-refractivity contribution in [1.82, 2.24) is 0 Å². The summed E-state index contributed by atoms with van der Waals surface area (Å²) in [5.41, 5.74) is 7.13. The van der Waals surface area contributed by atoms with Gasteiger partial charge in [0.2, 0.25) is 0 Å². The number of rotatable bonds is 5. The first-order chi connectivity index (χ1) is 7.48. The maximum Gasteiger partial charge on any atom is 0.119 e. The zero-order valence-corrected chi connectivity index (χ0v) is 11.8. The SMILES string of the molecule is COc1ccc(Br)c(CC(C)(C)CCN)c1. The summed E-state index contributed by atoms with van der Waals surface area (Å²) in [5, 5.41) is 0. The van der Waals surface area contributed by atoms with Crippen LogP contribution < -0.4 is 10.5 Å². The Kier molecular flexibility index (Phi) is 4.81. The molecule has 0 saturated heterocycles. The van der Waals surface area contributed by atoms with E-state index in [1.165, 1.54) is 5.56 Å². The van der Waals surface area contributed by atoms with Crippen molar-refractivity contribution in [3.05, 3.63) is 28.2 Å². The first-order valence-electron chi connectivity index (χ1n) is 5.51. The fraction of sp³-hybridized carbons (Fsp3) is 0.538. The van der Waals surface area contributed by atoms with Crippen LogP contribution in [0, 0.1) is 5.41 Å². The van der Waals surface area contributed by atoms with E-state index in [4.69, 9.17) is 10.5 Å². The Balaban J connectivity index is 2.87. The number of hydrogen-bond acceptors (Lipinski definition) is 2. The fourth-order valence-electron chi connectivity index (χ4n) is 1.81. The topological polar surface area (TPSA) is 35.2 Å². The zero-order chi connectivity index (χ0) is 12.2. The summed E-state index contributed by atoms with van der Waals surface area (Å²) in [6.07, 6.45) is 2.03. The molecule has 0 atom stereocenters. The molecule has 90 valence electrons. The summed E-state index contributed by atoms with van der Waals surface area (Å²) < 4.78 is 6.38. The van der Waals surface area contributed by atoms with Crippen LogP contribution in [0.25, 0.3) is 0 Å². The van der Waals surface area contributed by atoms with Crippen LogP contribution in [-0.2, 0) is 6.42 Å². The number of halogens is 1. The van der Waals surface area contributed by atoms with Crippen LogP contribution in [0.1, 0.15) is 25.8 Å². The molecule has 0 bridgehead atoms. The number of hydrogen-bond donors (Lipinski definition) is 1. The highest BCUT2D eigenvalue weighted by Crippen LogP contribution is 2.31. The van der Waals surface area contributed by atoms with Crippen molar-refractivity contribution in [1.29, 1.82) is 0 Å². The largest absolute Gasteiger partial charge is 0.497 e. The first-order valence-corrected chi connectivity index (χ1v) is 6.30. The molecular formula is C13H20BrNO. The molecule has 1 aromatic carbocycles. The molecule has 0 heterocycles. The Morgan fingerprint density at radius 3 is 2.62 bits per heavy atom. The van der Waals surface area contributed by atoms with Crippen molar-refractivity contribution in [2.24, 2.45) is 11.1 Å². The van der Waals surface area contributed by atoms with Crippen LogP contribution in [0.15, 0.2) is 22.7 Å². The van der Waals surface area contributed by atoms with Crippen molar-refractivity contribution in [2.45, 2.75) is 26.7 Å². The van der Waals surface area contributed by atoms with E-state index in [2.05, 4.69) is 35.8 Å². The van der Waals surface area contributed by atoms with Crippen LogP contribution in [0.4, 0.5) is 0 Å². The molecule has 3 heteroatoms. The van der Waals surface area contributed by atoms with Gasteiger partial charge in [-0.15, -0.1) is 0 Å². The molecule has 0 spiro atoms. The lowest BCUT2D eigenvalue weighted by Crippen LogP contribution is -2.20. The lowest BCUT2D eigenvalue weighted by atomic mass is 9.83. The van der Waals surface area contributed by atoms with Gasteiger partial charge in [0.15, 0.2) is 0 Å². The highest BCUT2D eigenvalue weighted by atomic mass is 79.9. The smallest absolute Gasteiger partial charge is 0.119 e. The number of benzene rings is 1. The van der Waals surface area contributed by atoms with Gasteiger partial charge in [-0.05, 0) is 48.6 Å². The molecule has 0 unspecified atom stereocenters. The van der Waals surface area contributed by atoms with Gasteiger partial charge in [0, 0.05) is 4.47 Å². The van der Waals surface area contributed by atoms with Gasteiger partial charge in [-0.1, -0.05) is 29.8 Å². The van der Waals surface area contributed by atoms with Gasteiger partial charge in [0.1, 0.15) is 5.75 Å². The minimum atomic E-state index is 0.226. The molecule has 0 aromatic heterocycles. The van der Waals surface area contributed by atoms with E-state index < -0.39 is 0 Å². The average Bonchev–Trinajstić information content (AvgIpc) is 2.21. The number of nitrogens with two attached hydrogens (primary N) is 1. The summed E-state index contributed by atoms with van der Waals surface area (Å²) in [6, 6.07) is 6.08. The molecule has 0 aliphatic carbocycles. The second-order valence-electron chi connectivity index (χ2n) is 4.84. The zero-order valence-electron chi connectivity index (χ0n) is 10.2. The van der Waals surface area contributed by atoms with Gasteiger partial charge < -0.3 is 10.5 Å². The van der Waals surface area contributed by atoms with Crippen LogP contribution in [0.3, 0.4) is 0 Å². The van der Waals surface area contributed by atoms with E-state index in [0.717, 1.165) is 29.6 Å². The molecule has 1 rings (SSSR count). The molecule has 0 amide bonds. The summed E-state index contributed by atoms with van der Waals surface area (Å²) in [7, 11) is 1.69. The molecule has 2 N–H and O–H groups in total. The van der Waals surface area contributed by atoms with Gasteiger partial charge in [0.25, 0.3) is 0 Å². The van der Waals surface area contributed by atoms with E-state index >= 15 is 0 Å². The van der Waals surface area contributed by atoms with Crippen LogP contribution in [0.5, 0.6) is 5.75 Å². The molecule has 0 aliphatic rings. The van der Waals surface area contributed by atoms with Crippen molar-refractivity contribution < 1.29 is 4.74 Å². The number of methoxy groups -OCH3 is 1. The Morgan fingerprint density at radius 1 is 1.38 bits per heavy atom. The highest BCUT2D eigenvalue weighted by molar-refractivity contribution is 9.10.